The number of halogens is 2. The average molecular weight is 302 g/mol. The van der Waals surface area contributed by atoms with Gasteiger partial charge in [0.05, 0.1) is 10.0 Å². The van der Waals surface area contributed by atoms with Crippen LogP contribution in [0.2, 0.25) is 0 Å². The lowest BCUT2D eigenvalue weighted by Gasteiger charge is -2.06. The Morgan fingerprint density at radius 2 is 2.06 bits per heavy atom. The van der Waals surface area contributed by atoms with Crippen LogP contribution >= 0.6 is 15.9 Å². The summed E-state index contributed by atoms with van der Waals surface area (Å²) in [6.07, 6.45) is 0. The Hall–Kier alpha value is -1.76. The highest BCUT2D eigenvalue weighted by atomic mass is 79.9. The van der Waals surface area contributed by atoms with Crippen molar-refractivity contribution in [3.05, 3.63) is 22.4 Å². The third-order valence-corrected chi connectivity index (χ3v) is 2.92. The molecule has 0 aliphatic carbocycles. The normalized spacial score (nSPS) is 10.8. The van der Waals surface area contributed by atoms with E-state index in [-0.39, 0.29) is 15.7 Å². The molecular weight excluding hydrogens is 293 g/mol. The highest BCUT2D eigenvalue weighted by Crippen LogP contribution is 2.41. The Bertz CT molecular complexity index is 552. The molecule has 2 aromatic rings. The molecule has 17 heavy (non-hydrogen) atoms. The van der Waals surface area contributed by atoms with Crippen molar-refractivity contribution in [3.8, 4) is 22.8 Å². The fourth-order valence-electron chi connectivity index (χ4n) is 1.44. The number of aromatic nitrogens is 2. The molecule has 2 rings (SSSR count). The number of hydrogen-bond acceptors (Lipinski definition) is 4. The van der Waals surface area contributed by atoms with Crippen LogP contribution in [0.15, 0.2) is 16.6 Å². The number of nitrogen functional groups attached to an aromatic ring is 1. The lowest BCUT2D eigenvalue weighted by molar-refractivity contribution is 0.401. The number of anilines is 1. The van der Waals surface area contributed by atoms with Gasteiger partial charge in [0.2, 0.25) is 0 Å². The van der Waals surface area contributed by atoms with Gasteiger partial charge < -0.3 is 15.9 Å². The van der Waals surface area contributed by atoms with Gasteiger partial charge in [-0.15, -0.1) is 0 Å². The molecule has 0 unspecified atom stereocenters. The van der Waals surface area contributed by atoms with E-state index in [9.17, 15) is 14.6 Å². The summed E-state index contributed by atoms with van der Waals surface area (Å²) in [5.74, 6) is -1.39. The quantitative estimate of drug-likeness (QED) is 0.703. The lowest BCUT2D eigenvalue weighted by atomic mass is 10.1. The minimum atomic E-state index is -0.710. The van der Waals surface area contributed by atoms with Crippen LogP contribution in [0.25, 0.3) is 11.3 Å². The van der Waals surface area contributed by atoms with E-state index in [0.717, 1.165) is 6.07 Å². The summed E-state index contributed by atoms with van der Waals surface area (Å²) in [6.45, 7) is 0. The van der Waals surface area contributed by atoms with Crippen molar-refractivity contribution in [2.24, 2.45) is 7.05 Å². The summed E-state index contributed by atoms with van der Waals surface area (Å²) >= 11 is 2.94. The monoisotopic (exact) mass is 301 g/mol. The predicted octanol–water partition coefficient (Wildman–Crippen LogP) is 1.98. The topological polar surface area (TPSA) is 84.3 Å². The van der Waals surface area contributed by atoms with Crippen molar-refractivity contribution in [1.29, 1.82) is 0 Å². The molecule has 4 N–H and O–H groups in total. The molecule has 1 aromatic heterocycles. The van der Waals surface area contributed by atoms with E-state index in [1.165, 1.54) is 10.7 Å². The van der Waals surface area contributed by atoms with Crippen LogP contribution in [-0.2, 0) is 7.05 Å². The van der Waals surface area contributed by atoms with Crippen LogP contribution < -0.4 is 5.73 Å². The van der Waals surface area contributed by atoms with Gasteiger partial charge in [-0.2, -0.15) is 5.10 Å². The predicted molar refractivity (Wildman–Crippen MR) is 64.0 cm³/mol. The average Bonchev–Trinajstić information content (AvgIpc) is 2.57. The third kappa shape index (κ3) is 1.82. The standard InChI is InChI=1S/C10H9BrFN3O2/c1-15-7(13)3-5(14-15)8-9(12)4(11)2-6(16)10(8)17/h2-3,16-17H,13H2,1H3. The van der Waals surface area contributed by atoms with Gasteiger partial charge in [-0.25, -0.2) is 4.39 Å². The molecule has 0 atom stereocenters. The highest BCUT2D eigenvalue weighted by Gasteiger charge is 2.20. The first kappa shape index (κ1) is 11.7. The molecule has 7 heteroatoms. The summed E-state index contributed by atoms with van der Waals surface area (Å²) in [4.78, 5) is 0. The number of phenolic OH excluding ortho intramolecular Hbond substituents is 2. The maximum Gasteiger partial charge on any atom is 0.170 e. The van der Waals surface area contributed by atoms with Crippen molar-refractivity contribution >= 4 is 21.7 Å². The molecule has 0 aliphatic heterocycles. The smallest absolute Gasteiger partial charge is 0.170 e. The minimum absolute atomic E-state index is 0.0343. The summed E-state index contributed by atoms with van der Waals surface area (Å²) in [6, 6.07) is 2.48. The van der Waals surface area contributed by atoms with Gasteiger partial charge in [0.25, 0.3) is 0 Å². The maximum atomic E-state index is 13.9. The van der Waals surface area contributed by atoms with E-state index < -0.39 is 17.3 Å². The molecule has 0 radical (unpaired) electrons. The Morgan fingerprint density at radius 1 is 1.41 bits per heavy atom. The van der Waals surface area contributed by atoms with Gasteiger partial charge in [-0.3, -0.25) is 4.68 Å². The molecule has 0 saturated heterocycles. The highest BCUT2D eigenvalue weighted by molar-refractivity contribution is 9.10. The number of hydrogen-bond donors (Lipinski definition) is 3. The zero-order valence-corrected chi connectivity index (χ0v) is 10.4. The number of nitrogens with two attached hydrogens (primary N) is 1. The van der Waals surface area contributed by atoms with Crippen molar-refractivity contribution in [3.63, 3.8) is 0 Å². The van der Waals surface area contributed by atoms with Gasteiger partial charge in [0.1, 0.15) is 11.5 Å². The van der Waals surface area contributed by atoms with Crippen molar-refractivity contribution in [2.45, 2.75) is 0 Å². The second-order valence-corrected chi connectivity index (χ2v) is 4.35. The Kier molecular flexibility index (Phi) is 2.70. The first-order valence-corrected chi connectivity index (χ1v) is 5.41. The van der Waals surface area contributed by atoms with E-state index in [1.54, 1.807) is 7.05 Å². The summed E-state index contributed by atoms with van der Waals surface area (Å²) in [7, 11) is 1.59. The second-order valence-electron chi connectivity index (χ2n) is 3.49. The molecule has 0 saturated carbocycles. The molecule has 90 valence electrons. The molecular formula is C10H9BrFN3O2. The number of aryl methyl sites for hydroxylation is 1. The van der Waals surface area contributed by atoms with E-state index in [4.69, 9.17) is 5.73 Å². The minimum Gasteiger partial charge on any atom is -0.504 e. The van der Waals surface area contributed by atoms with Crippen LogP contribution in [0.1, 0.15) is 0 Å². The maximum absolute atomic E-state index is 13.9. The number of benzene rings is 1. The number of rotatable bonds is 1. The van der Waals surface area contributed by atoms with Gasteiger partial charge in [-0.05, 0) is 15.9 Å². The first-order valence-electron chi connectivity index (χ1n) is 4.61. The molecule has 1 aromatic carbocycles. The molecule has 0 fully saturated rings. The van der Waals surface area contributed by atoms with Crippen LogP contribution in [0.5, 0.6) is 11.5 Å². The third-order valence-electron chi connectivity index (χ3n) is 2.34. The van der Waals surface area contributed by atoms with E-state index in [0.29, 0.717) is 5.82 Å². The van der Waals surface area contributed by atoms with Gasteiger partial charge in [0.15, 0.2) is 17.3 Å². The van der Waals surface area contributed by atoms with Crippen LogP contribution in [0.3, 0.4) is 0 Å². The Labute approximate surface area is 104 Å². The number of aromatic hydroxyl groups is 2. The van der Waals surface area contributed by atoms with Crippen LogP contribution in [0, 0.1) is 5.82 Å². The van der Waals surface area contributed by atoms with Crippen molar-refractivity contribution in [1.82, 2.24) is 9.78 Å². The van der Waals surface area contributed by atoms with E-state index in [1.807, 2.05) is 0 Å². The molecule has 0 aliphatic rings. The zero-order chi connectivity index (χ0) is 12.7. The Balaban J connectivity index is 2.74. The second kappa shape index (κ2) is 3.92. The van der Waals surface area contributed by atoms with Gasteiger partial charge in [0, 0.05) is 19.2 Å². The molecule has 5 nitrogen and oxygen atoms in total. The lowest BCUT2D eigenvalue weighted by Crippen LogP contribution is -1.97. The van der Waals surface area contributed by atoms with Gasteiger partial charge in [-0.1, -0.05) is 0 Å². The molecule has 0 bridgehead atoms. The van der Waals surface area contributed by atoms with Crippen molar-refractivity contribution in [2.75, 3.05) is 5.73 Å². The number of phenols is 2. The fraction of sp³-hybridized carbons (Fsp3) is 0.100. The number of nitrogens with zero attached hydrogens (tertiary/aromatic N) is 2. The van der Waals surface area contributed by atoms with Crippen LogP contribution in [0.4, 0.5) is 10.2 Å². The van der Waals surface area contributed by atoms with Gasteiger partial charge >= 0.3 is 0 Å². The van der Waals surface area contributed by atoms with Crippen molar-refractivity contribution < 1.29 is 14.6 Å². The largest absolute Gasteiger partial charge is 0.504 e. The molecule has 1 heterocycles. The summed E-state index contributed by atoms with van der Waals surface area (Å²) < 4.78 is 15.2. The molecule has 0 amide bonds. The SMILES string of the molecule is Cn1nc(-c2c(O)c(O)cc(Br)c2F)cc1N. The fourth-order valence-corrected chi connectivity index (χ4v) is 1.86. The Morgan fingerprint density at radius 3 is 2.59 bits per heavy atom. The van der Waals surface area contributed by atoms with E-state index >= 15 is 0 Å². The summed E-state index contributed by atoms with van der Waals surface area (Å²) in [5.41, 5.74) is 5.54. The van der Waals surface area contributed by atoms with E-state index in [2.05, 4.69) is 21.0 Å². The zero-order valence-electron chi connectivity index (χ0n) is 8.78. The molecule has 0 spiro atoms. The summed E-state index contributed by atoms with van der Waals surface area (Å²) in [5, 5.41) is 23.0. The van der Waals surface area contributed by atoms with Crippen LogP contribution in [-0.4, -0.2) is 20.0 Å². The first-order chi connectivity index (χ1) is 7.91.